The summed E-state index contributed by atoms with van der Waals surface area (Å²) in [4.78, 5) is 12.5. The van der Waals surface area contributed by atoms with E-state index in [0.717, 1.165) is 11.1 Å². The molecule has 0 radical (unpaired) electrons. The highest BCUT2D eigenvalue weighted by atomic mass is 32.2. The van der Waals surface area contributed by atoms with Crippen LogP contribution < -0.4 is 10.0 Å². The van der Waals surface area contributed by atoms with E-state index in [0.29, 0.717) is 0 Å². The van der Waals surface area contributed by atoms with Gasteiger partial charge in [0.25, 0.3) is 0 Å². The Labute approximate surface area is 148 Å². The van der Waals surface area contributed by atoms with Crippen molar-refractivity contribution in [2.24, 2.45) is 0 Å². The number of hydrogen-bond acceptors (Lipinski definition) is 3. The zero-order chi connectivity index (χ0) is 18.3. The predicted molar refractivity (Wildman–Crippen MR) is 98.6 cm³/mol. The molecule has 2 aromatic rings. The second kappa shape index (κ2) is 8.60. The highest BCUT2D eigenvalue weighted by Crippen LogP contribution is 2.12. The van der Waals surface area contributed by atoms with Crippen LogP contribution in [-0.2, 0) is 21.2 Å². The summed E-state index contributed by atoms with van der Waals surface area (Å²) in [5, 5.41) is 2.65. The molecule has 132 valence electrons. The van der Waals surface area contributed by atoms with Crippen LogP contribution in [0.25, 0.3) is 0 Å². The first kappa shape index (κ1) is 18.9. The monoisotopic (exact) mass is 358 g/mol. The van der Waals surface area contributed by atoms with Crippen molar-refractivity contribution in [2.45, 2.75) is 24.3 Å². The Balaban J connectivity index is 2.23. The lowest BCUT2D eigenvalue weighted by atomic mass is 10.1. The quantitative estimate of drug-likeness (QED) is 0.710. The normalized spacial score (nSPS) is 12.4. The van der Waals surface area contributed by atoms with Gasteiger partial charge in [0.05, 0.1) is 4.90 Å². The molecule has 6 heteroatoms. The van der Waals surface area contributed by atoms with Crippen molar-refractivity contribution >= 4 is 15.9 Å². The van der Waals surface area contributed by atoms with Crippen molar-refractivity contribution in [3.05, 3.63) is 78.4 Å². The van der Waals surface area contributed by atoms with Gasteiger partial charge in [0.1, 0.15) is 6.04 Å². The Morgan fingerprint density at radius 1 is 1.12 bits per heavy atom. The molecule has 0 aliphatic rings. The SMILES string of the molecule is C=CCNC(=O)C(Cc1ccccc1)NS(=O)(=O)c1ccc(C)cc1. The topological polar surface area (TPSA) is 75.3 Å². The smallest absolute Gasteiger partial charge is 0.241 e. The van der Waals surface area contributed by atoms with Crippen molar-refractivity contribution in [1.29, 1.82) is 0 Å². The van der Waals surface area contributed by atoms with Gasteiger partial charge in [-0.2, -0.15) is 4.72 Å². The molecule has 0 aliphatic heterocycles. The zero-order valence-corrected chi connectivity index (χ0v) is 14.9. The summed E-state index contributed by atoms with van der Waals surface area (Å²) < 4.78 is 27.7. The van der Waals surface area contributed by atoms with Crippen LogP contribution in [0.5, 0.6) is 0 Å². The van der Waals surface area contributed by atoms with E-state index in [9.17, 15) is 13.2 Å². The van der Waals surface area contributed by atoms with E-state index in [4.69, 9.17) is 0 Å². The van der Waals surface area contributed by atoms with Gasteiger partial charge in [0.2, 0.25) is 15.9 Å². The summed E-state index contributed by atoms with van der Waals surface area (Å²) in [5.41, 5.74) is 1.83. The van der Waals surface area contributed by atoms with E-state index in [1.165, 1.54) is 12.1 Å². The van der Waals surface area contributed by atoms with Crippen LogP contribution in [0.4, 0.5) is 0 Å². The first-order chi connectivity index (χ1) is 11.9. The van der Waals surface area contributed by atoms with Gasteiger partial charge >= 0.3 is 0 Å². The van der Waals surface area contributed by atoms with Gasteiger partial charge < -0.3 is 5.32 Å². The number of aryl methyl sites for hydroxylation is 1. The summed E-state index contributed by atoms with van der Waals surface area (Å²) >= 11 is 0. The van der Waals surface area contributed by atoms with E-state index < -0.39 is 16.1 Å². The number of nitrogens with one attached hydrogen (secondary N) is 2. The van der Waals surface area contributed by atoms with E-state index in [1.54, 1.807) is 18.2 Å². The van der Waals surface area contributed by atoms with Crippen molar-refractivity contribution in [2.75, 3.05) is 6.54 Å². The molecule has 0 saturated carbocycles. The van der Waals surface area contributed by atoms with E-state index in [2.05, 4.69) is 16.6 Å². The summed E-state index contributed by atoms with van der Waals surface area (Å²) in [6, 6.07) is 14.9. The van der Waals surface area contributed by atoms with Gasteiger partial charge in [0.15, 0.2) is 0 Å². The number of carbonyl (C=O) groups is 1. The molecule has 0 fully saturated rings. The third-order valence-corrected chi connectivity index (χ3v) is 5.14. The van der Waals surface area contributed by atoms with Gasteiger partial charge in [-0.25, -0.2) is 8.42 Å². The minimum absolute atomic E-state index is 0.132. The molecule has 5 nitrogen and oxygen atoms in total. The summed E-state index contributed by atoms with van der Waals surface area (Å²) in [7, 11) is -3.80. The maximum Gasteiger partial charge on any atom is 0.241 e. The second-order valence-corrected chi connectivity index (χ2v) is 7.42. The Bertz CT molecular complexity index is 816. The third kappa shape index (κ3) is 5.55. The lowest BCUT2D eigenvalue weighted by Gasteiger charge is -2.18. The number of hydrogen-bond donors (Lipinski definition) is 2. The highest BCUT2D eigenvalue weighted by molar-refractivity contribution is 7.89. The van der Waals surface area contributed by atoms with Gasteiger partial charge in [0, 0.05) is 6.54 Å². The Morgan fingerprint density at radius 3 is 2.36 bits per heavy atom. The van der Waals surface area contributed by atoms with E-state index in [1.807, 2.05) is 37.3 Å². The minimum Gasteiger partial charge on any atom is -0.351 e. The summed E-state index contributed by atoms with van der Waals surface area (Å²) in [6.45, 7) is 5.71. The third-order valence-electron chi connectivity index (χ3n) is 3.65. The minimum atomic E-state index is -3.80. The molecular weight excluding hydrogens is 336 g/mol. The standard InChI is InChI=1S/C19H22N2O3S/c1-3-13-20-19(22)18(14-16-7-5-4-6-8-16)21-25(23,24)17-11-9-15(2)10-12-17/h3-12,18,21H,1,13-14H2,2H3,(H,20,22). The number of rotatable bonds is 8. The average Bonchev–Trinajstić information content (AvgIpc) is 2.60. The number of benzene rings is 2. The number of sulfonamides is 1. The molecule has 1 amide bonds. The van der Waals surface area contributed by atoms with Gasteiger partial charge in [-0.15, -0.1) is 6.58 Å². The molecule has 0 aromatic heterocycles. The molecule has 0 heterocycles. The largest absolute Gasteiger partial charge is 0.351 e. The average molecular weight is 358 g/mol. The first-order valence-corrected chi connectivity index (χ1v) is 9.42. The number of carbonyl (C=O) groups excluding carboxylic acids is 1. The Kier molecular flexibility index (Phi) is 6.50. The van der Waals surface area contributed by atoms with Crippen molar-refractivity contribution in [1.82, 2.24) is 10.0 Å². The molecule has 0 aliphatic carbocycles. The molecule has 2 aromatic carbocycles. The van der Waals surface area contributed by atoms with Crippen molar-refractivity contribution in [3.63, 3.8) is 0 Å². The van der Waals surface area contributed by atoms with Crippen LogP contribution in [0.1, 0.15) is 11.1 Å². The highest BCUT2D eigenvalue weighted by Gasteiger charge is 2.25. The maximum absolute atomic E-state index is 12.6. The van der Waals surface area contributed by atoms with Crippen LogP contribution >= 0.6 is 0 Å². The van der Waals surface area contributed by atoms with E-state index in [-0.39, 0.29) is 23.8 Å². The lowest BCUT2D eigenvalue weighted by molar-refractivity contribution is -0.122. The van der Waals surface area contributed by atoms with Crippen LogP contribution in [0, 0.1) is 6.92 Å². The fourth-order valence-electron chi connectivity index (χ4n) is 2.31. The van der Waals surface area contributed by atoms with Crippen LogP contribution in [0.3, 0.4) is 0 Å². The van der Waals surface area contributed by atoms with Gasteiger partial charge in [-0.3, -0.25) is 4.79 Å². The first-order valence-electron chi connectivity index (χ1n) is 7.94. The lowest BCUT2D eigenvalue weighted by Crippen LogP contribution is -2.47. The van der Waals surface area contributed by atoms with Crippen LogP contribution in [-0.4, -0.2) is 26.9 Å². The molecule has 2 N–H and O–H groups in total. The second-order valence-electron chi connectivity index (χ2n) is 5.71. The van der Waals surface area contributed by atoms with Crippen molar-refractivity contribution < 1.29 is 13.2 Å². The van der Waals surface area contributed by atoms with Crippen molar-refractivity contribution in [3.8, 4) is 0 Å². The van der Waals surface area contributed by atoms with Crippen LogP contribution in [0.15, 0.2) is 72.1 Å². The summed E-state index contributed by atoms with van der Waals surface area (Å²) in [6.07, 6.45) is 1.81. The zero-order valence-electron chi connectivity index (χ0n) is 14.1. The summed E-state index contributed by atoms with van der Waals surface area (Å²) in [5.74, 6) is -0.389. The Hall–Kier alpha value is -2.44. The molecule has 0 spiro atoms. The maximum atomic E-state index is 12.6. The van der Waals surface area contributed by atoms with Crippen LogP contribution in [0.2, 0.25) is 0 Å². The van der Waals surface area contributed by atoms with E-state index >= 15 is 0 Å². The molecule has 0 bridgehead atoms. The fourth-order valence-corrected chi connectivity index (χ4v) is 3.50. The fraction of sp³-hybridized carbons (Fsp3) is 0.211. The molecule has 0 saturated heterocycles. The van der Waals surface area contributed by atoms with Gasteiger partial charge in [-0.1, -0.05) is 54.1 Å². The molecule has 1 unspecified atom stereocenters. The molecule has 25 heavy (non-hydrogen) atoms. The molecule has 1 atom stereocenters. The predicted octanol–water partition coefficient (Wildman–Crippen LogP) is 2.19. The van der Waals surface area contributed by atoms with Gasteiger partial charge in [-0.05, 0) is 31.0 Å². The number of amides is 1. The molecular formula is C19H22N2O3S. The Morgan fingerprint density at radius 2 is 1.76 bits per heavy atom. The molecule has 2 rings (SSSR count).